The van der Waals surface area contributed by atoms with Crippen molar-refractivity contribution in [2.75, 3.05) is 39.9 Å². The zero-order valence-corrected chi connectivity index (χ0v) is 30.5. The number of aliphatic hydroxyl groups excluding tert-OH is 2. The first-order valence-electron chi connectivity index (χ1n) is 14.6. The lowest BCUT2D eigenvalue weighted by Gasteiger charge is -2.24. The number of thiocarbonyl (C=S) groups is 2. The molecule has 264 valence electrons. The van der Waals surface area contributed by atoms with E-state index < -0.39 is 61.1 Å². The molecule has 0 aliphatic carbocycles. The van der Waals surface area contributed by atoms with Gasteiger partial charge in [0.2, 0.25) is 8.77 Å². The second-order valence-electron chi connectivity index (χ2n) is 10.5. The summed E-state index contributed by atoms with van der Waals surface area (Å²) in [6, 6.07) is 14.1. The van der Waals surface area contributed by atoms with E-state index in [9.17, 15) is 19.8 Å². The van der Waals surface area contributed by atoms with Crippen LogP contribution in [0.3, 0.4) is 0 Å². The number of hydrogen-bond acceptors (Lipinski definition) is 16. The van der Waals surface area contributed by atoms with E-state index in [-0.39, 0.29) is 13.2 Å². The van der Waals surface area contributed by atoms with Gasteiger partial charge in [-0.2, -0.15) is 0 Å². The van der Waals surface area contributed by atoms with Gasteiger partial charge in [-0.3, -0.25) is 0 Å². The molecule has 2 aromatic rings. The predicted octanol–water partition coefficient (Wildman–Crippen LogP) is 3.83. The first-order chi connectivity index (χ1) is 22.9. The number of carbonyl (C=O) groups excluding carboxylic acids is 2. The fourth-order valence-electron chi connectivity index (χ4n) is 4.51. The zero-order chi connectivity index (χ0) is 35.4. The van der Waals surface area contributed by atoms with Crippen LogP contribution in [0.5, 0.6) is 0 Å². The highest BCUT2D eigenvalue weighted by Gasteiger charge is 2.50. The molecule has 2 fully saturated rings. The van der Waals surface area contributed by atoms with E-state index >= 15 is 0 Å². The van der Waals surface area contributed by atoms with Gasteiger partial charge in [0.25, 0.3) is 0 Å². The van der Waals surface area contributed by atoms with Gasteiger partial charge < -0.3 is 48.1 Å². The molecule has 2 heterocycles. The SMILES string of the molecule is COC1O[C@H](COC(=O)c2ccc(C)cc2)[C@@H](O)[C@H]1O.CO[C@@H]1O[C@H](COC(=O)c2ccc(C)cc2)[C@@H](OC(=S)SC)[C@H]1OC(=S)SC. The average molecular weight is 745 g/mol. The number of carbonyl (C=O) groups is 2. The van der Waals surface area contributed by atoms with Crippen molar-refractivity contribution in [1.82, 2.24) is 0 Å². The van der Waals surface area contributed by atoms with Crippen LogP contribution < -0.4 is 0 Å². The maximum Gasteiger partial charge on any atom is 0.338 e. The van der Waals surface area contributed by atoms with Crippen LogP contribution in [0.15, 0.2) is 48.5 Å². The van der Waals surface area contributed by atoms with Crippen LogP contribution in [0, 0.1) is 13.8 Å². The maximum atomic E-state index is 12.3. The topological polar surface area (TPSA) is 148 Å². The maximum absolute atomic E-state index is 12.3. The monoisotopic (exact) mass is 744 g/mol. The quantitative estimate of drug-likeness (QED) is 0.268. The molecule has 2 aromatic carbocycles. The molecule has 16 heteroatoms. The molecule has 2 saturated heterocycles. The van der Waals surface area contributed by atoms with E-state index in [1.165, 1.54) is 37.7 Å². The third-order valence-electron chi connectivity index (χ3n) is 7.18. The molecule has 0 radical (unpaired) electrons. The van der Waals surface area contributed by atoms with Gasteiger partial charge in [-0.05, 0) is 75.1 Å². The number of aliphatic hydroxyl groups is 2. The second kappa shape index (κ2) is 19.7. The molecule has 8 atom stereocenters. The number of esters is 2. The van der Waals surface area contributed by atoms with Crippen LogP contribution >= 0.6 is 48.0 Å². The standard InChI is InChI=1S/C18H22O6S4.C14H18O6/c1-10-5-7-11(8-6-10)15(19)21-9-12-13(23-17(25)27-3)14(16(20-2)22-12)24-18(26)28-4;1-8-3-5-9(6-4-8)13(17)19-7-10-11(15)12(16)14(18-2)20-10/h5-8,12-14,16H,9H2,1-4H3;3-6,10-12,14-16H,7H2,1-2H3/t12-,13-,14-,16-;10-,11-,12-,14?/m11/s1. The summed E-state index contributed by atoms with van der Waals surface area (Å²) >= 11 is 12.9. The van der Waals surface area contributed by atoms with Gasteiger partial charge >= 0.3 is 11.9 Å². The molecule has 48 heavy (non-hydrogen) atoms. The Balaban J connectivity index is 0.000000275. The van der Waals surface area contributed by atoms with E-state index in [0.717, 1.165) is 11.1 Å². The zero-order valence-electron chi connectivity index (χ0n) is 27.3. The lowest BCUT2D eigenvalue weighted by Crippen LogP contribution is -2.41. The number of ether oxygens (including phenoxy) is 8. The summed E-state index contributed by atoms with van der Waals surface area (Å²) in [5, 5.41) is 19.3. The lowest BCUT2D eigenvalue weighted by atomic mass is 10.1. The Labute approximate surface area is 299 Å². The van der Waals surface area contributed by atoms with E-state index in [1.54, 1.807) is 30.5 Å². The third kappa shape index (κ3) is 11.3. The highest BCUT2D eigenvalue weighted by Crippen LogP contribution is 2.30. The Hall–Kier alpha value is -2.38. The summed E-state index contributed by atoms with van der Waals surface area (Å²) in [7, 11) is 2.86. The van der Waals surface area contributed by atoms with Crippen molar-refractivity contribution in [3.8, 4) is 0 Å². The molecule has 0 amide bonds. The van der Waals surface area contributed by atoms with Gasteiger partial charge in [0.05, 0.1) is 11.1 Å². The number of methoxy groups -OCH3 is 2. The van der Waals surface area contributed by atoms with Crippen molar-refractivity contribution in [3.05, 3.63) is 70.8 Å². The summed E-state index contributed by atoms with van der Waals surface area (Å²) < 4.78 is 44.0. The third-order valence-corrected chi connectivity index (χ3v) is 9.23. The van der Waals surface area contributed by atoms with Crippen LogP contribution in [-0.2, 0) is 37.9 Å². The molecule has 0 bridgehead atoms. The summed E-state index contributed by atoms with van der Waals surface area (Å²) in [4.78, 5) is 24.1. The fourth-order valence-corrected chi connectivity index (χ4v) is 5.15. The fraction of sp³-hybridized carbons (Fsp3) is 0.500. The Morgan fingerprint density at radius 3 is 1.52 bits per heavy atom. The minimum atomic E-state index is -1.15. The van der Waals surface area contributed by atoms with E-state index in [2.05, 4.69) is 0 Å². The number of rotatable bonds is 10. The van der Waals surface area contributed by atoms with Crippen LogP contribution in [0.2, 0.25) is 0 Å². The summed E-state index contributed by atoms with van der Waals surface area (Å²) in [6.07, 6.45) is -3.03. The van der Waals surface area contributed by atoms with Crippen molar-refractivity contribution in [2.24, 2.45) is 0 Å². The molecule has 12 nitrogen and oxygen atoms in total. The summed E-state index contributed by atoms with van der Waals surface area (Å²) in [5.41, 5.74) is 2.98. The van der Waals surface area contributed by atoms with Gasteiger partial charge in [0.15, 0.2) is 24.8 Å². The van der Waals surface area contributed by atoms with Crippen molar-refractivity contribution in [2.45, 2.75) is 63.1 Å². The number of benzene rings is 2. The molecule has 0 spiro atoms. The van der Waals surface area contributed by atoms with Crippen LogP contribution in [0.4, 0.5) is 0 Å². The smallest absolute Gasteiger partial charge is 0.338 e. The second-order valence-corrected chi connectivity index (χ2v) is 13.4. The largest absolute Gasteiger partial charge is 0.468 e. The van der Waals surface area contributed by atoms with Gasteiger partial charge in [0, 0.05) is 14.2 Å². The number of hydrogen-bond donors (Lipinski definition) is 2. The lowest BCUT2D eigenvalue weighted by molar-refractivity contribution is -0.153. The highest BCUT2D eigenvalue weighted by molar-refractivity contribution is 8.22. The van der Waals surface area contributed by atoms with Crippen LogP contribution in [0.25, 0.3) is 0 Å². The minimum absolute atomic E-state index is 0.0415. The molecular formula is C32H40O12S4. The van der Waals surface area contributed by atoms with Crippen LogP contribution in [0.1, 0.15) is 31.8 Å². The molecule has 1 unspecified atom stereocenters. The van der Waals surface area contributed by atoms with Gasteiger partial charge in [-0.25, -0.2) is 9.59 Å². The number of aryl methyl sites for hydroxylation is 2. The van der Waals surface area contributed by atoms with Crippen molar-refractivity contribution >= 4 is 68.7 Å². The molecule has 2 N–H and O–H groups in total. The Morgan fingerprint density at radius 2 is 1.10 bits per heavy atom. The van der Waals surface area contributed by atoms with E-state index in [1.807, 2.05) is 44.4 Å². The molecule has 4 rings (SSSR count). The van der Waals surface area contributed by atoms with E-state index in [4.69, 9.17) is 62.3 Å². The number of thioether (sulfide) groups is 2. The Bertz CT molecular complexity index is 1360. The molecule has 2 aliphatic rings. The molecule has 2 aliphatic heterocycles. The van der Waals surface area contributed by atoms with Gasteiger partial charge in [0.1, 0.15) is 37.6 Å². The normalized spacial score (nSPS) is 26.2. The molecular weight excluding hydrogens is 705 g/mol. The average Bonchev–Trinajstić information content (AvgIpc) is 3.56. The summed E-state index contributed by atoms with van der Waals surface area (Å²) in [6.45, 7) is 3.68. The van der Waals surface area contributed by atoms with Crippen molar-refractivity contribution in [1.29, 1.82) is 0 Å². The van der Waals surface area contributed by atoms with Crippen molar-refractivity contribution < 1.29 is 57.7 Å². The minimum Gasteiger partial charge on any atom is -0.468 e. The predicted molar refractivity (Wildman–Crippen MR) is 188 cm³/mol. The molecule has 0 saturated carbocycles. The van der Waals surface area contributed by atoms with Gasteiger partial charge in [-0.1, -0.05) is 58.9 Å². The molecule has 0 aromatic heterocycles. The van der Waals surface area contributed by atoms with Crippen LogP contribution in [-0.4, -0.2) is 120 Å². The Morgan fingerprint density at radius 1 is 0.688 bits per heavy atom. The van der Waals surface area contributed by atoms with E-state index in [0.29, 0.717) is 19.9 Å². The van der Waals surface area contributed by atoms with Crippen molar-refractivity contribution in [3.63, 3.8) is 0 Å². The Kier molecular flexibility index (Phi) is 16.5. The first-order valence-corrected chi connectivity index (χ1v) is 17.9. The highest BCUT2D eigenvalue weighted by atomic mass is 32.2. The first kappa shape index (κ1) is 40.1. The van der Waals surface area contributed by atoms with Gasteiger partial charge in [-0.15, -0.1) is 0 Å². The summed E-state index contributed by atoms with van der Waals surface area (Å²) in [5.74, 6) is -0.955.